The summed E-state index contributed by atoms with van der Waals surface area (Å²) in [5, 5.41) is 15.4. The van der Waals surface area contributed by atoms with Crippen molar-refractivity contribution in [1.29, 1.82) is 0 Å². The predicted molar refractivity (Wildman–Crippen MR) is 83.2 cm³/mol. The van der Waals surface area contributed by atoms with Gasteiger partial charge in [-0.25, -0.2) is 0 Å². The van der Waals surface area contributed by atoms with Crippen LogP contribution in [0.3, 0.4) is 0 Å². The summed E-state index contributed by atoms with van der Waals surface area (Å²) in [5.74, 6) is -1.66. The molecule has 1 amide bonds. The minimum Gasteiger partial charge on any atom is -0.496 e. The molecule has 1 atom stereocenters. The molecule has 0 radical (unpaired) electrons. The van der Waals surface area contributed by atoms with Gasteiger partial charge < -0.3 is 24.4 Å². The van der Waals surface area contributed by atoms with Gasteiger partial charge in [-0.1, -0.05) is 18.2 Å². The molecule has 1 heterocycles. The summed E-state index contributed by atoms with van der Waals surface area (Å²) in [6.45, 7) is -0.0603. The molecule has 0 fully saturated rings. The highest BCUT2D eigenvalue weighted by Crippen LogP contribution is 2.21. The highest BCUT2D eigenvalue weighted by molar-refractivity contribution is 5.91. The summed E-state index contributed by atoms with van der Waals surface area (Å²) in [6.07, 6.45) is 0.222. The fourth-order valence-corrected chi connectivity index (χ4v) is 2.15. The number of carboxylic acids is 1. The van der Waals surface area contributed by atoms with Crippen molar-refractivity contribution in [3.05, 3.63) is 41.7 Å². The van der Waals surface area contributed by atoms with E-state index in [0.29, 0.717) is 5.75 Å². The lowest BCUT2D eigenvalue weighted by molar-refractivity contribution is -0.141. The van der Waals surface area contributed by atoms with Crippen molar-refractivity contribution in [3.63, 3.8) is 0 Å². The van der Waals surface area contributed by atoms with Crippen molar-refractivity contribution in [2.75, 3.05) is 20.8 Å². The maximum atomic E-state index is 12.0. The van der Waals surface area contributed by atoms with Crippen molar-refractivity contribution in [2.24, 2.45) is 5.92 Å². The molecular formula is C16H18N2O6. The molecule has 0 saturated carbocycles. The second-order valence-corrected chi connectivity index (χ2v) is 4.99. The fraction of sp³-hybridized carbons (Fsp3) is 0.312. The first-order chi connectivity index (χ1) is 11.5. The number of carbonyl (C=O) groups is 2. The number of carboxylic acid groups (broad SMARTS) is 1. The summed E-state index contributed by atoms with van der Waals surface area (Å²) in [7, 11) is 2.92. The van der Waals surface area contributed by atoms with E-state index in [0.717, 1.165) is 5.56 Å². The molecule has 0 aliphatic rings. The minimum absolute atomic E-state index is 0.0479. The van der Waals surface area contributed by atoms with Crippen molar-refractivity contribution in [3.8, 4) is 11.6 Å². The molecule has 1 aromatic heterocycles. The predicted octanol–water partition coefficient (Wildman–Crippen LogP) is 1.37. The molecule has 0 aliphatic carbocycles. The van der Waals surface area contributed by atoms with Crippen LogP contribution in [0.1, 0.15) is 16.1 Å². The number of carbonyl (C=O) groups excluding carboxylic acids is 1. The van der Waals surface area contributed by atoms with Crippen LogP contribution in [0.2, 0.25) is 0 Å². The third-order valence-corrected chi connectivity index (χ3v) is 3.44. The van der Waals surface area contributed by atoms with E-state index >= 15 is 0 Å². The Hall–Kier alpha value is -3.03. The van der Waals surface area contributed by atoms with Gasteiger partial charge in [0.25, 0.3) is 11.8 Å². The van der Waals surface area contributed by atoms with E-state index in [1.54, 1.807) is 24.3 Å². The van der Waals surface area contributed by atoms with E-state index in [9.17, 15) is 14.7 Å². The van der Waals surface area contributed by atoms with Gasteiger partial charge in [0.15, 0.2) is 0 Å². The van der Waals surface area contributed by atoms with Gasteiger partial charge in [0.1, 0.15) is 5.75 Å². The molecule has 0 spiro atoms. The zero-order chi connectivity index (χ0) is 17.5. The Bertz CT molecular complexity index is 712. The van der Waals surface area contributed by atoms with Crippen molar-refractivity contribution < 1.29 is 28.7 Å². The van der Waals surface area contributed by atoms with Crippen LogP contribution < -0.4 is 14.8 Å². The van der Waals surface area contributed by atoms with Gasteiger partial charge in [-0.05, 0) is 23.2 Å². The zero-order valence-electron chi connectivity index (χ0n) is 13.3. The standard InChI is InChI=1S/C16H18N2O6/c1-22-12-6-4-3-5-10(12)7-11(16(20)21)9-17-15(19)13-8-14(23-2)18-24-13/h3-6,8,11H,7,9H2,1-2H3,(H,17,19)(H,20,21). The number of nitrogens with one attached hydrogen (secondary N) is 1. The van der Waals surface area contributed by atoms with Crippen LogP contribution in [-0.2, 0) is 11.2 Å². The Balaban J connectivity index is 2.01. The van der Waals surface area contributed by atoms with Gasteiger partial charge in [-0.15, -0.1) is 0 Å². The normalized spacial score (nSPS) is 11.6. The lowest BCUT2D eigenvalue weighted by Gasteiger charge is -2.15. The van der Waals surface area contributed by atoms with Crippen LogP contribution in [0.15, 0.2) is 34.9 Å². The summed E-state index contributed by atoms with van der Waals surface area (Å²) in [5.41, 5.74) is 0.753. The molecule has 128 valence electrons. The smallest absolute Gasteiger partial charge is 0.308 e. The topological polar surface area (TPSA) is 111 Å². The van der Waals surface area contributed by atoms with E-state index in [-0.39, 0.29) is 24.6 Å². The number of benzene rings is 1. The largest absolute Gasteiger partial charge is 0.496 e. The molecule has 8 nitrogen and oxygen atoms in total. The quantitative estimate of drug-likeness (QED) is 0.750. The summed E-state index contributed by atoms with van der Waals surface area (Å²) >= 11 is 0. The first-order valence-electron chi connectivity index (χ1n) is 7.18. The molecule has 0 aliphatic heterocycles. The first-order valence-corrected chi connectivity index (χ1v) is 7.18. The molecule has 1 aromatic carbocycles. The third-order valence-electron chi connectivity index (χ3n) is 3.44. The maximum absolute atomic E-state index is 12.0. The van der Waals surface area contributed by atoms with Crippen molar-refractivity contribution in [1.82, 2.24) is 10.5 Å². The molecule has 2 rings (SSSR count). The molecule has 8 heteroatoms. The number of para-hydroxylation sites is 1. The molecular weight excluding hydrogens is 316 g/mol. The highest BCUT2D eigenvalue weighted by atomic mass is 16.5. The molecule has 0 bridgehead atoms. The summed E-state index contributed by atoms with van der Waals surface area (Å²) in [6, 6.07) is 8.48. The number of ether oxygens (including phenoxy) is 2. The van der Waals surface area contributed by atoms with E-state index in [1.165, 1.54) is 20.3 Å². The summed E-state index contributed by atoms with van der Waals surface area (Å²) < 4.78 is 14.8. The number of aromatic nitrogens is 1. The third kappa shape index (κ3) is 4.25. The van der Waals surface area contributed by atoms with Crippen LogP contribution in [0.4, 0.5) is 0 Å². The van der Waals surface area contributed by atoms with Crippen LogP contribution in [0.25, 0.3) is 0 Å². The van der Waals surface area contributed by atoms with E-state index in [1.807, 2.05) is 0 Å². The average Bonchev–Trinajstić information content (AvgIpc) is 3.07. The molecule has 1 unspecified atom stereocenters. The number of hydrogen-bond donors (Lipinski definition) is 2. The van der Waals surface area contributed by atoms with Crippen LogP contribution >= 0.6 is 0 Å². The number of methoxy groups -OCH3 is 2. The average molecular weight is 334 g/mol. The van der Waals surface area contributed by atoms with Gasteiger partial charge in [-0.2, -0.15) is 0 Å². The van der Waals surface area contributed by atoms with Crippen LogP contribution in [0.5, 0.6) is 11.6 Å². The van der Waals surface area contributed by atoms with Crippen LogP contribution in [0, 0.1) is 5.92 Å². The van der Waals surface area contributed by atoms with Gasteiger partial charge in [0.05, 0.1) is 26.2 Å². The Morgan fingerprint density at radius 1 is 1.29 bits per heavy atom. The van der Waals surface area contributed by atoms with E-state index in [4.69, 9.17) is 14.0 Å². The Morgan fingerprint density at radius 3 is 2.67 bits per heavy atom. The molecule has 2 aromatic rings. The lowest BCUT2D eigenvalue weighted by Crippen LogP contribution is -2.34. The SMILES string of the molecule is COc1cc(C(=O)NCC(Cc2ccccc2OC)C(=O)O)on1. The Morgan fingerprint density at radius 2 is 2.04 bits per heavy atom. The first kappa shape index (κ1) is 17.3. The van der Waals surface area contributed by atoms with Crippen LogP contribution in [-0.4, -0.2) is 42.9 Å². The number of amides is 1. The van der Waals surface area contributed by atoms with Gasteiger partial charge in [0.2, 0.25) is 5.76 Å². The number of aliphatic carboxylic acids is 1. The van der Waals surface area contributed by atoms with Gasteiger partial charge in [-0.3, -0.25) is 9.59 Å². The monoisotopic (exact) mass is 334 g/mol. The molecule has 0 saturated heterocycles. The number of rotatable bonds is 8. The zero-order valence-corrected chi connectivity index (χ0v) is 13.3. The Kier molecular flexibility index (Phi) is 5.78. The van der Waals surface area contributed by atoms with Crippen molar-refractivity contribution in [2.45, 2.75) is 6.42 Å². The Labute approximate surface area is 138 Å². The number of hydrogen-bond acceptors (Lipinski definition) is 6. The molecule has 24 heavy (non-hydrogen) atoms. The van der Waals surface area contributed by atoms with Gasteiger partial charge in [0, 0.05) is 6.54 Å². The fourth-order valence-electron chi connectivity index (χ4n) is 2.15. The van der Waals surface area contributed by atoms with E-state index < -0.39 is 17.8 Å². The molecule has 2 N–H and O–H groups in total. The maximum Gasteiger partial charge on any atom is 0.308 e. The van der Waals surface area contributed by atoms with E-state index in [2.05, 4.69) is 10.5 Å². The van der Waals surface area contributed by atoms with Gasteiger partial charge >= 0.3 is 5.97 Å². The second kappa shape index (κ2) is 8.00. The highest BCUT2D eigenvalue weighted by Gasteiger charge is 2.22. The number of nitrogens with zero attached hydrogens (tertiary/aromatic N) is 1. The van der Waals surface area contributed by atoms with Crippen molar-refractivity contribution >= 4 is 11.9 Å². The summed E-state index contributed by atoms with van der Waals surface area (Å²) in [4.78, 5) is 23.4. The lowest BCUT2D eigenvalue weighted by atomic mass is 9.98. The minimum atomic E-state index is -1.02. The second-order valence-electron chi connectivity index (χ2n) is 4.99.